The first kappa shape index (κ1) is 37.5. The normalized spacial score (nSPS) is 10.2. The monoisotopic (exact) mass is 721 g/mol. The molecule has 2 heterocycles. The highest BCUT2D eigenvalue weighted by atomic mass is 79.9. The van der Waals surface area contributed by atoms with Gasteiger partial charge in [0.05, 0.1) is 12.7 Å². The van der Waals surface area contributed by atoms with Crippen molar-refractivity contribution < 1.29 is 23.2 Å². The lowest BCUT2D eigenvalue weighted by atomic mass is 10.0. The van der Waals surface area contributed by atoms with Crippen LogP contribution in [0.2, 0.25) is 0 Å². The number of hydroxylamine groups is 2. The third-order valence-electron chi connectivity index (χ3n) is 5.75. The van der Waals surface area contributed by atoms with Crippen molar-refractivity contribution in [3.8, 4) is 0 Å². The topological polar surface area (TPSA) is 150 Å². The number of thioether (sulfide) groups is 2. The van der Waals surface area contributed by atoms with Gasteiger partial charge in [-0.1, -0.05) is 65.4 Å². The van der Waals surface area contributed by atoms with E-state index in [-0.39, 0.29) is 45.8 Å². The van der Waals surface area contributed by atoms with E-state index in [2.05, 4.69) is 35.9 Å². The van der Waals surface area contributed by atoms with Gasteiger partial charge in [-0.25, -0.2) is 33.8 Å². The lowest BCUT2D eigenvalue weighted by Gasteiger charge is -2.14. The van der Waals surface area contributed by atoms with E-state index >= 15 is 0 Å². The molecule has 0 unspecified atom stereocenters. The Bertz CT molecular complexity index is 1630. The number of hydrogen-bond donors (Lipinski definition) is 2. The Morgan fingerprint density at radius 1 is 0.844 bits per heavy atom. The number of aryl methyl sites for hydroxylation is 2. The molecule has 0 saturated heterocycles. The van der Waals surface area contributed by atoms with Crippen molar-refractivity contribution in [2.24, 2.45) is 0 Å². The molecule has 0 aliphatic heterocycles. The largest absolute Gasteiger partial charge is 0.383 e. The molecule has 0 spiro atoms. The van der Waals surface area contributed by atoms with Crippen LogP contribution in [0, 0.1) is 25.5 Å². The SMILES string of the molecule is CCSc1ncc(C(=O)N(C)OC)c(N)n1.CCSc1ncc(C(=O)c2cc(F)ccc2C)c(N)n1.Cc1ccc(F)cc1Br. The second kappa shape index (κ2) is 18.3. The number of amides is 1. The van der Waals surface area contributed by atoms with Gasteiger partial charge in [-0.3, -0.25) is 14.4 Å². The van der Waals surface area contributed by atoms with Gasteiger partial charge in [-0.15, -0.1) is 0 Å². The number of halogens is 3. The highest BCUT2D eigenvalue weighted by Crippen LogP contribution is 2.21. The molecule has 0 atom stereocenters. The summed E-state index contributed by atoms with van der Waals surface area (Å²) in [4.78, 5) is 45.1. The van der Waals surface area contributed by atoms with Crippen LogP contribution in [-0.2, 0) is 4.84 Å². The Morgan fingerprint density at radius 3 is 1.78 bits per heavy atom. The first-order valence-corrected chi connectivity index (χ1v) is 16.1. The van der Waals surface area contributed by atoms with Crippen molar-refractivity contribution in [3.05, 3.63) is 92.7 Å². The van der Waals surface area contributed by atoms with Crippen LogP contribution in [0.25, 0.3) is 0 Å². The molecular weight excluding hydrogens is 688 g/mol. The molecule has 0 radical (unpaired) electrons. The summed E-state index contributed by atoms with van der Waals surface area (Å²) in [5.41, 5.74) is 13.9. The summed E-state index contributed by atoms with van der Waals surface area (Å²) in [6.07, 6.45) is 2.81. The second-order valence-electron chi connectivity index (χ2n) is 8.94. The van der Waals surface area contributed by atoms with Gasteiger partial charge in [0.1, 0.15) is 28.8 Å². The summed E-state index contributed by atoms with van der Waals surface area (Å²) in [6, 6.07) is 8.70. The van der Waals surface area contributed by atoms with Crippen LogP contribution >= 0.6 is 39.5 Å². The van der Waals surface area contributed by atoms with E-state index in [1.807, 2.05) is 20.8 Å². The lowest BCUT2D eigenvalue weighted by molar-refractivity contribution is -0.0756. The number of nitrogens with two attached hydrogens (primary N) is 2. The van der Waals surface area contributed by atoms with Crippen molar-refractivity contribution >= 4 is 62.8 Å². The van der Waals surface area contributed by atoms with Gasteiger partial charge in [0.25, 0.3) is 5.91 Å². The van der Waals surface area contributed by atoms with E-state index < -0.39 is 5.82 Å². The quantitative estimate of drug-likeness (QED) is 0.0882. The summed E-state index contributed by atoms with van der Waals surface area (Å²) >= 11 is 6.11. The zero-order valence-corrected chi connectivity index (χ0v) is 28.8. The van der Waals surface area contributed by atoms with Gasteiger partial charge in [-0.2, -0.15) is 0 Å². The standard InChI is InChI=1S/C14H14FN3OS.C9H14N4O2S.C7H6BrF/c1-3-20-14-17-7-11(13(16)18-14)12(19)10-6-9(15)5-4-8(10)2;1-4-16-9-11-5-6(7(10)12-9)8(14)13(2)15-3;1-5-2-3-6(9)4-7(5)8/h4-7H,3H2,1-2H3,(H2,16,17,18);5H,4H2,1-3H3,(H2,10,11,12);2-4H,1H3. The van der Waals surface area contributed by atoms with E-state index in [1.165, 1.54) is 74.3 Å². The van der Waals surface area contributed by atoms with Crippen LogP contribution in [0.3, 0.4) is 0 Å². The number of nitrogens with zero attached hydrogens (tertiary/aromatic N) is 5. The fourth-order valence-electron chi connectivity index (χ4n) is 3.30. The Hall–Kier alpha value is -3.66. The van der Waals surface area contributed by atoms with Gasteiger partial charge in [0.2, 0.25) is 0 Å². The van der Waals surface area contributed by atoms with Gasteiger partial charge >= 0.3 is 0 Å². The number of carbonyl (C=O) groups is 2. The van der Waals surface area contributed by atoms with Crippen molar-refractivity contribution in [1.29, 1.82) is 0 Å². The summed E-state index contributed by atoms with van der Waals surface area (Å²) < 4.78 is 26.4. The van der Waals surface area contributed by atoms with Crippen LogP contribution in [0.5, 0.6) is 0 Å². The predicted molar refractivity (Wildman–Crippen MR) is 178 cm³/mol. The van der Waals surface area contributed by atoms with Crippen LogP contribution in [0.4, 0.5) is 20.4 Å². The zero-order chi connectivity index (χ0) is 33.7. The summed E-state index contributed by atoms with van der Waals surface area (Å²) in [5.74, 6) is 0.551. The maximum atomic E-state index is 13.3. The maximum Gasteiger partial charge on any atom is 0.282 e. The minimum absolute atomic E-state index is 0.115. The van der Waals surface area contributed by atoms with Crippen LogP contribution < -0.4 is 11.5 Å². The zero-order valence-electron chi connectivity index (χ0n) is 25.6. The Kier molecular flexibility index (Phi) is 15.3. The maximum absolute atomic E-state index is 13.3. The van der Waals surface area contributed by atoms with Gasteiger partial charge < -0.3 is 11.5 Å². The van der Waals surface area contributed by atoms with Crippen molar-refractivity contribution in [1.82, 2.24) is 25.0 Å². The highest BCUT2D eigenvalue weighted by molar-refractivity contribution is 9.10. The molecule has 4 rings (SSSR count). The molecule has 0 aliphatic rings. The number of nitrogen functional groups attached to an aromatic ring is 2. The van der Waals surface area contributed by atoms with Crippen LogP contribution in [-0.4, -0.2) is 62.4 Å². The molecule has 0 bridgehead atoms. The Morgan fingerprint density at radius 2 is 1.33 bits per heavy atom. The van der Waals surface area contributed by atoms with Gasteiger partial charge in [-0.05, 0) is 60.7 Å². The molecule has 240 valence electrons. The average molecular weight is 723 g/mol. The van der Waals surface area contributed by atoms with Crippen molar-refractivity contribution in [3.63, 3.8) is 0 Å². The minimum atomic E-state index is -0.461. The molecule has 0 fully saturated rings. The van der Waals surface area contributed by atoms with Crippen molar-refractivity contribution in [2.75, 3.05) is 37.1 Å². The molecule has 15 heteroatoms. The molecule has 1 amide bonds. The van der Waals surface area contributed by atoms with Gasteiger partial charge in [0, 0.05) is 29.5 Å². The van der Waals surface area contributed by atoms with E-state index in [9.17, 15) is 18.4 Å². The second-order valence-corrected chi connectivity index (χ2v) is 12.3. The summed E-state index contributed by atoms with van der Waals surface area (Å²) in [7, 11) is 2.90. The molecule has 0 aliphatic carbocycles. The number of rotatable bonds is 8. The smallest absolute Gasteiger partial charge is 0.282 e. The molecule has 2 aromatic carbocycles. The average Bonchev–Trinajstić information content (AvgIpc) is 3.00. The van der Waals surface area contributed by atoms with Gasteiger partial charge in [0.15, 0.2) is 16.1 Å². The van der Waals surface area contributed by atoms with E-state index in [1.54, 1.807) is 19.1 Å². The lowest BCUT2D eigenvalue weighted by Crippen LogP contribution is -2.26. The summed E-state index contributed by atoms with van der Waals surface area (Å²) in [5, 5.41) is 2.16. The molecule has 10 nitrogen and oxygen atoms in total. The number of anilines is 2. The number of hydrogen-bond acceptors (Lipinski definition) is 11. The molecule has 2 aromatic heterocycles. The van der Waals surface area contributed by atoms with E-state index in [4.69, 9.17) is 16.3 Å². The van der Waals surface area contributed by atoms with Crippen LogP contribution in [0.15, 0.2) is 63.6 Å². The third-order valence-corrected chi connectivity index (χ3v) is 8.09. The molecular formula is C30H34BrF2N7O3S2. The Labute approximate surface area is 277 Å². The predicted octanol–water partition coefficient (Wildman–Crippen LogP) is 6.55. The highest BCUT2D eigenvalue weighted by Gasteiger charge is 2.18. The number of aromatic nitrogens is 4. The molecule has 45 heavy (non-hydrogen) atoms. The number of benzene rings is 2. The number of ketones is 1. The molecule has 0 saturated carbocycles. The van der Waals surface area contributed by atoms with E-state index in [0.29, 0.717) is 15.9 Å². The fourth-order valence-corrected chi connectivity index (χ4v) is 4.74. The first-order chi connectivity index (χ1) is 21.3. The minimum Gasteiger partial charge on any atom is -0.383 e. The molecule has 4 N–H and O–H groups in total. The molecule has 4 aromatic rings. The first-order valence-electron chi connectivity index (χ1n) is 13.4. The number of carbonyl (C=O) groups excluding carboxylic acids is 2. The Balaban J connectivity index is 0.000000252. The summed E-state index contributed by atoms with van der Waals surface area (Å²) in [6.45, 7) is 7.62. The fraction of sp³-hybridized carbons (Fsp3) is 0.267. The van der Waals surface area contributed by atoms with E-state index in [0.717, 1.165) is 26.6 Å². The van der Waals surface area contributed by atoms with Crippen molar-refractivity contribution in [2.45, 2.75) is 38.0 Å². The third kappa shape index (κ3) is 11.3. The van der Waals surface area contributed by atoms with Crippen LogP contribution in [0.1, 0.15) is 51.3 Å².